The van der Waals surface area contributed by atoms with Crippen LogP contribution in [-0.4, -0.2) is 98.6 Å². The quantitative estimate of drug-likeness (QED) is 0.256. The minimum atomic E-state index is 0.458. The van der Waals surface area contributed by atoms with E-state index in [0.29, 0.717) is 12.1 Å². The highest BCUT2D eigenvalue weighted by Crippen LogP contribution is 2.33. The van der Waals surface area contributed by atoms with Gasteiger partial charge in [0, 0.05) is 84.5 Å². The van der Waals surface area contributed by atoms with E-state index in [1.165, 1.54) is 68.3 Å². The van der Waals surface area contributed by atoms with Crippen LogP contribution in [0.2, 0.25) is 0 Å². The fourth-order valence-corrected chi connectivity index (χ4v) is 7.61. The lowest BCUT2D eigenvalue weighted by Crippen LogP contribution is -2.39. The van der Waals surface area contributed by atoms with Crippen LogP contribution >= 0.6 is 0 Å². The molecule has 2 saturated heterocycles. The number of rotatable bonds is 6. The van der Waals surface area contributed by atoms with E-state index in [9.17, 15) is 0 Å². The molecule has 0 aliphatic carbocycles. The molecule has 4 aromatic rings. The van der Waals surface area contributed by atoms with Gasteiger partial charge in [0.25, 0.3) is 0 Å². The number of nitrogens with zero attached hydrogens (tertiary/aromatic N) is 2. The highest BCUT2D eigenvalue weighted by Gasteiger charge is 2.26. The van der Waals surface area contributed by atoms with Crippen LogP contribution in [0.5, 0.6) is 0 Å². The normalized spacial score (nSPS) is 22.9. The molecular formula is C36H50N6O2. The van der Waals surface area contributed by atoms with E-state index in [0.717, 1.165) is 91.6 Å². The van der Waals surface area contributed by atoms with Crippen LogP contribution in [-0.2, 0) is 22.3 Å². The fraction of sp³-hybridized carbons (Fsp3) is 0.556. The molecule has 0 bridgehead atoms. The van der Waals surface area contributed by atoms with Crippen LogP contribution < -0.4 is 10.6 Å². The highest BCUT2D eigenvalue weighted by atomic mass is 16.5. The molecule has 236 valence electrons. The molecule has 44 heavy (non-hydrogen) atoms. The summed E-state index contributed by atoms with van der Waals surface area (Å²) >= 11 is 0. The lowest BCUT2D eigenvalue weighted by Gasteiger charge is -2.30. The van der Waals surface area contributed by atoms with Gasteiger partial charge in [0.15, 0.2) is 0 Å². The van der Waals surface area contributed by atoms with E-state index in [2.05, 4.69) is 80.6 Å². The molecule has 0 radical (unpaired) electrons. The number of benzene rings is 2. The van der Waals surface area contributed by atoms with Crippen LogP contribution in [0.15, 0.2) is 36.4 Å². The number of aryl methyl sites for hydroxylation is 2. The first-order valence-electron chi connectivity index (χ1n) is 16.9. The van der Waals surface area contributed by atoms with Gasteiger partial charge in [0.1, 0.15) is 0 Å². The summed E-state index contributed by atoms with van der Waals surface area (Å²) in [6, 6.07) is 14.4. The SMILES string of the molecule is Cc1ccc2[nH]c3c(c2c1)CCN[C@@H]3CCN1CCOCC1.Cc1ccc2[nH]c3c(c2c1)CCN[C@H]3CCN1CCOCC1. The van der Waals surface area contributed by atoms with Crippen molar-refractivity contribution >= 4 is 21.8 Å². The summed E-state index contributed by atoms with van der Waals surface area (Å²) in [5, 5.41) is 10.3. The third-order valence-electron chi connectivity index (χ3n) is 10.1. The highest BCUT2D eigenvalue weighted by molar-refractivity contribution is 5.86. The smallest absolute Gasteiger partial charge is 0.0594 e. The van der Waals surface area contributed by atoms with Gasteiger partial charge in [-0.2, -0.15) is 0 Å². The summed E-state index contributed by atoms with van der Waals surface area (Å²) in [6.07, 6.45) is 4.59. The number of hydrogen-bond donors (Lipinski definition) is 4. The minimum absolute atomic E-state index is 0.458. The fourth-order valence-electron chi connectivity index (χ4n) is 7.61. The van der Waals surface area contributed by atoms with Crippen molar-refractivity contribution in [3.63, 3.8) is 0 Å². The molecule has 4 N–H and O–H groups in total. The van der Waals surface area contributed by atoms with Crippen molar-refractivity contribution in [1.29, 1.82) is 0 Å². The Morgan fingerprint density at radius 2 is 1.07 bits per heavy atom. The van der Waals surface area contributed by atoms with Crippen molar-refractivity contribution in [2.24, 2.45) is 0 Å². The van der Waals surface area contributed by atoms with Crippen LogP contribution in [0.1, 0.15) is 58.6 Å². The van der Waals surface area contributed by atoms with Gasteiger partial charge in [-0.25, -0.2) is 0 Å². The van der Waals surface area contributed by atoms with Gasteiger partial charge in [-0.3, -0.25) is 9.80 Å². The topological polar surface area (TPSA) is 80.6 Å². The molecule has 2 atom stereocenters. The number of aromatic nitrogens is 2. The first kappa shape index (κ1) is 30.0. The van der Waals surface area contributed by atoms with Crippen molar-refractivity contribution in [3.8, 4) is 0 Å². The van der Waals surface area contributed by atoms with E-state index >= 15 is 0 Å². The summed E-state index contributed by atoms with van der Waals surface area (Å²) in [5.41, 5.74) is 11.2. The lowest BCUT2D eigenvalue weighted by atomic mass is 9.96. The maximum atomic E-state index is 5.44. The molecular weight excluding hydrogens is 548 g/mol. The molecule has 2 aromatic carbocycles. The maximum Gasteiger partial charge on any atom is 0.0594 e. The van der Waals surface area contributed by atoms with Gasteiger partial charge in [-0.15, -0.1) is 0 Å². The third-order valence-corrected chi connectivity index (χ3v) is 10.1. The molecule has 4 aliphatic heterocycles. The number of aromatic amines is 2. The van der Waals surface area contributed by atoms with Gasteiger partial charge in [0.05, 0.1) is 26.4 Å². The summed E-state index contributed by atoms with van der Waals surface area (Å²) in [5.74, 6) is 0. The first-order chi connectivity index (χ1) is 21.6. The summed E-state index contributed by atoms with van der Waals surface area (Å²) in [7, 11) is 0. The first-order valence-corrected chi connectivity index (χ1v) is 16.9. The lowest BCUT2D eigenvalue weighted by molar-refractivity contribution is 0.0359. The van der Waals surface area contributed by atoms with Crippen molar-refractivity contribution in [1.82, 2.24) is 30.4 Å². The number of fused-ring (bicyclic) bond motifs is 6. The Morgan fingerprint density at radius 1 is 0.636 bits per heavy atom. The monoisotopic (exact) mass is 598 g/mol. The number of ether oxygens (including phenoxy) is 2. The van der Waals surface area contributed by atoms with Gasteiger partial charge in [0.2, 0.25) is 0 Å². The van der Waals surface area contributed by atoms with Crippen molar-refractivity contribution in [2.75, 3.05) is 78.8 Å². The minimum Gasteiger partial charge on any atom is -0.379 e. The average molecular weight is 599 g/mol. The molecule has 4 aliphatic rings. The van der Waals surface area contributed by atoms with Crippen molar-refractivity contribution in [3.05, 3.63) is 70.0 Å². The number of morpholine rings is 2. The largest absolute Gasteiger partial charge is 0.379 e. The molecule has 0 amide bonds. The Balaban J connectivity index is 0.000000142. The summed E-state index contributed by atoms with van der Waals surface area (Å²) in [6.45, 7) is 16.7. The summed E-state index contributed by atoms with van der Waals surface area (Å²) < 4.78 is 10.9. The van der Waals surface area contributed by atoms with Gasteiger partial charge in [-0.1, -0.05) is 23.3 Å². The second-order valence-corrected chi connectivity index (χ2v) is 13.1. The Kier molecular flexibility index (Phi) is 9.35. The van der Waals surface area contributed by atoms with Gasteiger partial charge < -0.3 is 30.1 Å². The molecule has 0 unspecified atom stereocenters. The molecule has 2 aromatic heterocycles. The van der Waals surface area contributed by atoms with Crippen molar-refractivity contribution in [2.45, 2.75) is 51.6 Å². The van der Waals surface area contributed by atoms with Crippen molar-refractivity contribution < 1.29 is 9.47 Å². The zero-order valence-corrected chi connectivity index (χ0v) is 26.6. The second-order valence-electron chi connectivity index (χ2n) is 13.1. The zero-order valence-electron chi connectivity index (χ0n) is 26.6. The molecule has 6 heterocycles. The zero-order chi connectivity index (χ0) is 29.9. The summed E-state index contributed by atoms with van der Waals surface area (Å²) in [4.78, 5) is 12.4. The maximum absolute atomic E-state index is 5.44. The Labute approximate surface area is 261 Å². The van der Waals surface area contributed by atoms with Crippen LogP contribution in [0.4, 0.5) is 0 Å². The molecule has 2 fully saturated rings. The molecule has 0 spiro atoms. The van der Waals surface area contributed by atoms with Gasteiger partial charge in [-0.05, 0) is 88.0 Å². The second kappa shape index (κ2) is 13.7. The number of hydrogen-bond acceptors (Lipinski definition) is 6. The molecule has 8 heteroatoms. The van der Waals surface area contributed by atoms with Crippen LogP contribution in [0.3, 0.4) is 0 Å². The van der Waals surface area contributed by atoms with E-state index in [-0.39, 0.29) is 0 Å². The van der Waals surface area contributed by atoms with Crippen LogP contribution in [0.25, 0.3) is 21.8 Å². The van der Waals surface area contributed by atoms with E-state index in [1.54, 1.807) is 0 Å². The Morgan fingerprint density at radius 3 is 1.50 bits per heavy atom. The standard InChI is InChI=1S/2C18H25N3O/c2*1-13-2-3-16-15(12-13)14-4-6-19-17(18(14)20-16)5-7-21-8-10-22-11-9-21/h2*2-3,12,17,19-20H,4-11H2,1H3/t2*17-/m10/s1. The van der Waals surface area contributed by atoms with Crippen LogP contribution in [0, 0.1) is 13.8 Å². The molecule has 0 saturated carbocycles. The van der Waals surface area contributed by atoms with E-state index in [4.69, 9.17) is 9.47 Å². The predicted octanol–water partition coefficient (Wildman–Crippen LogP) is 4.77. The van der Waals surface area contributed by atoms with E-state index in [1.807, 2.05) is 0 Å². The molecule has 8 rings (SSSR count). The van der Waals surface area contributed by atoms with E-state index < -0.39 is 0 Å². The predicted molar refractivity (Wildman–Crippen MR) is 179 cm³/mol. The average Bonchev–Trinajstić information content (AvgIpc) is 3.62. The van der Waals surface area contributed by atoms with Gasteiger partial charge >= 0.3 is 0 Å². The Bertz CT molecular complexity index is 1430. The third kappa shape index (κ3) is 6.62. The molecule has 8 nitrogen and oxygen atoms in total. The number of H-pyrrole nitrogens is 2. The number of nitrogens with one attached hydrogen (secondary N) is 4. The Hall–Kier alpha value is -2.72.